The maximum Gasteiger partial charge on any atom is 0.231 e. The Morgan fingerprint density at radius 3 is 2.76 bits per heavy atom. The van der Waals surface area contributed by atoms with Gasteiger partial charge in [-0.1, -0.05) is 11.6 Å². The number of anilines is 2. The molecule has 6 heteroatoms. The molecule has 1 amide bonds. The Kier molecular flexibility index (Phi) is 4.46. The summed E-state index contributed by atoms with van der Waals surface area (Å²) >= 11 is 0. The van der Waals surface area contributed by atoms with Crippen LogP contribution in [0.25, 0.3) is 10.9 Å². The van der Waals surface area contributed by atoms with Crippen molar-refractivity contribution in [1.82, 2.24) is 4.98 Å². The van der Waals surface area contributed by atoms with Crippen LogP contribution in [0.1, 0.15) is 18.4 Å². The molecule has 0 saturated carbocycles. The lowest BCUT2D eigenvalue weighted by atomic mass is 9.95. The summed E-state index contributed by atoms with van der Waals surface area (Å²) in [6.07, 6.45) is 3.52. The highest BCUT2D eigenvalue weighted by Crippen LogP contribution is 2.35. The molecule has 0 unspecified atom stereocenters. The molecule has 3 aromatic rings. The van der Waals surface area contributed by atoms with E-state index in [0.717, 1.165) is 42.9 Å². The number of hydrogen-bond acceptors (Lipinski definition) is 5. The Balaban J connectivity index is 1.26. The summed E-state index contributed by atoms with van der Waals surface area (Å²) in [5, 5.41) is 4.21. The first-order chi connectivity index (χ1) is 14.2. The minimum Gasteiger partial charge on any atom is -0.454 e. The summed E-state index contributed by atoms with van der Waals surface area (Å²) in [5.74, 6) is 1.47. The van der Waals surface area contributed by atoms with Crippen molar-refractivity contribution >= 4 is 28.2 Å². The fourth-order valence-electron chi connectivity index (χ4n) is 4.12. The lowest BCUT2D eigenvalue weighted by molar-refractivity contribution is -0.120. The van der Waals surface area contributed by atoms with Crippen molar-refractivity contribution in [3.8, 4) is 11.5 Å². The highest BCUT2D eigenvalue weighted by Gasteiger charge is 2.26. The van der Waals surface area contributed by atoms with E-state index in [0.29, 0.717) is 5.75 Å². The third-order valence-electron chi connectivity index (χ3n) is 5.72. The standard InChI is InChI=1S/C23H23N3O3/c1-15-2-4-19-18(12-15)20(6-9-24-19)26-10-7-16(8-11-26)23(27)25-17-3-5-21-22(13-17)29-14-28-21/h2-6,9,12-13,16H,7-8,10-11,14H2,1H3,(H,25,27). The molecule has 6 nitrogen and oxygen atoms in total. The molecule has 1 aromatic heterocycles. The third-order valence-corrected chi connectivity index (χ3v) is 5.72. The third kappa shape index (κ3) is 3.46. The zero-order chi connectivity index (χ0) is 19.8. The summed E-state index contributed by atoms with van der Waals surface area (Å²) in [7, 11) is 0. The number of pyridine rings is 1. The molecule has 0 bridgehead atoms. The monoisotopic (exact) mass is 389 g/mol. The van der Waals surface area contributed by atoms with E-state index in [9.17, 15) is 4.79 Å². The number of aryl methyl sites for hydroxylation is 1. The minimum atomic E-state index is 0.00603. The Bertz CT molecular complexity index is 1070. The summed E-state index contributed by atoms with van der Waals surface area (Å²) in [5.41, 5.74) is 4.19. The van der Waals surface area contributed by atoms with Gasteiger partial charge in [-0.25, -0.2) is 0 Å². The number of nitrogens with zero attached hydrogens (tertiary/aromatic N) is 2. The van der Waals surface area contributed by atoms with Gasteiger partial charge in [-0.15, -0.1) is 0 Å². The predicted molar refractivity (Wildman–Crippen MR) is 113 cm³/mol. The Morgan fingerprint density at radius 2 is 1.90 bits per heavy atom. The molecule has 148 valence electrons. The zero-order valence-corrected chi connectivity index (χ0v) is 16.4. The smallest absolute Gasteiger partial charge is 0.231 e. The van der Waals surface area contributed by atoms with Gasteiger partial charge in [-0.2, -0.15) is 0 Å². The first-order valence-electron chi connectivity index (χ1n) is 9.98. The molecule has 5 rings (SSSR count). The van der Waals surface area contributed by atoms with Gasteiger partial charge in [-0.05, 0) is 50.1 Å². The van der Waals surface area contributed by atoms with Crippen LogP contribution < -0.4 is 19.7 Å². The normalized spacial score (nSPS) is 16.2. The summed E-state index contributed by atoms with van der Waals surface area (Å²) < 4.78 is 10.7. The second kappa shape index (κ2) is 7.28. The average Bonchev–Trinajstić information content (AvgIpc) is 3.21. The lowest BCUT2D eigenvalue weighted by Crippen LogP contribution is -2.38. The molecular weight excluding hydrogens is 366 g/mol. The summed E-state index contributed by atoms with van der Waals surface area (Å²) in [4.78, 5) is 19.6. The molecule has 1 saturated heterocycles. The zero-order valence-electron chi connectivity index (χ0n) is 16.4. The topological polar surface area (TPSA) is 63.7 Å². The van der Waals surface area contributed by atoms with Gasteiger partial charge in [0, 0.05) is 48.0 Å². The fourth-order valence-corrected chi connectivity index (χ4v) is 4.12. The van der Waals surface area contributed by atoms with Crippen LogP contribution in [0.2, 0.25) is 0 Å². The number of carbonyl (C=O) groups is 1. The van der Waals surface area contributed by atoms with E-state index in [1.807, 2.05) is 24.4 Å². The molecule has 29 heavy (non-hydrogen) atoms. The number of piperidine rings is 1. The molecular formula is C23H23N3O3. The Morgan fingerprint density at radius 1 is 1.07 bits per heavy atom. The number of ether oxygens (including phenoxy) is 2. The summed E-state index contributed by atoms with van der Waals surface area (Å²) in [6.45, 7) is 4.04. The molecule has 2 aliphatic rings. The number of amides is 1. The van der Waals surface area contributed by atoms with E-state index in [-0.39, 0.29) is 18.6 Å². The van der Waals surface area contributed by atoms with Crippen LogP contribution in [0.5, 0.6) is 11.5 Å². The van der Waals surface area contributed by atoms with Crippen LogP contribution in [-0.2, 0) is 4.79 Å². The number of hydrogen-bond donors (Lipinski definition) is 1. The molecule has 3 heterocycles. The van der Waals surface area contributed by atoms with E-state index in [1.165, 1.54) is 16.6 Å². The van der Waals surface area contributed by atoms with Gasteiger partial charge in [0.25, 0.3) is 0 Å². The van der Waals surface area contributed by atoms with Crippen LogP contribution in [0.3, 0.4) is 0 Å². The highest BCUT2D eigenvalue weighted by molar-refractivity contribution is 5.94. The fraction of sp³-hybridized carbons (Fsp3) is 0.304. The molecule has 2 aromatic carbocycles. The van der Waals surface area contributed by atoms with Crippen molar-refractivity contribution in [3.63, 3.8) is 0 Å². The molecule has 1 fully saturated rings. The Hall–Kier alpha value is -3.28. The van der Waals surface area contributed by atoms with Crippen molar-refractivity contribution in [2.24, 2.45) is 5.92 Å². The van der Waals surface area contributed by atoms with Crippen LogP contribution in [0.4, 0.5) is 11.4 Å². The van der Waals surface area contributed by atoms with E-state index in [1.54, 1.807) is 0 Å². The number of benzene rings is 2. The van der Waals surface area contributed by atoms with E-state index >= 15 is 0 Å². The van der Waals surface area contributed by atoms with Crippen molar-refractivity contribution in [3.05, 3.63) is 54.2 Å². The molecule has 0 atom stereocenters. The van der Waals surface area contributed by atoms with Crippen LogP contribution in [0.15, 0.2) is 48.7 Å². The van der Waals surface area contributed by atoms with Crippen molar-refractivity contribution < 1.29 is 14.3 Å². The Labute approximate surface area is 169 Å². The van der Waals surface area contributed by atoms with Crippen molar-refractivity contribution in [1.29, 1.82) is 0 Å². The van der Waals surface area contributed by atoms with E-state index in [4.69, 9.17) is 9.47 Å². The molecule has 0 aliphatic carbocycles. The maximum atomic E-state index is 12.8. The van der Waals surface area contributed by atoms with E-state index < -0.39 is 0 Å². The second-order valence-electron chi connectivity index (χ2n) is 7.67. The van der Waals surface area contributed by atoms with Gasteiger partial charge in [0.1, 0.15) is 0 Å². The van der Waals surface area contributed by atoms with Gasteiger partial charge in [0.05, 0.1) is 5.52 Å². The number of aromatic nitrogens is 1. The van der Waals surface area contributed by atoms with Crippen LogP contribution in [0, 0.1) is 12.8 Å². The number of nitrogens with one attached hydrogen (secondary N) is 1. The number of fused-ring (bicyclic) bond motifs is 2. The maximum absolute atomic E-state index is 12.8. The SMILES string of the molecule is Cc1ccc2nccc(N3CCC(C(=O)Nc4ccc5c(c4)OCO5)CC3)c2c1. The number of carbonyl (C=O) groups excluding carboxylic acids is 1. The molecule has 0 spiro atoms. The number of rotatable bonds is 3. The quantitative estimate of drug-likeness (QED) is 0.730. The van der Waals surface area contributed by atoms with Gasteiger partial charge in [0.2, 0.25) is 12.7 Å². The van der Waals surface area contributed by atoms with Crippen molar-refractivity contribution in [2.75, 3.05) is 30.1 Å². The minimum absolute atomic E-state index is 0.00603. The predicted octanol–water partition coefficient (Wildman–Crippen LogP) is 4.13. The average molecular weight is 389 g/mol. The van der Waals surface area contributed by atoms with Crippen LogP contribution >= 0.6 is 0 Å². The van der Waals surface area contributed by atoms with Gasteiger partial charge in [0.15, 0.2) is 11.5 Å². The molecule has 2 aliphatic heterocycles. The second-order valence-corrected chi connectivity index (χ2v) is 7.67. The lowest BCUT2D eigenvalue weighted by Gasteiger charge is -2.33. The first-order valence-corrected chi connectivity index (χ1v) is 9.98. The van der Waals surface area contributed by atoms with Gasteiger partial charge in [-0.3, -0.25) is 9.78 Å². The molecule has 0 radical (unpaired) electrons. The van der Waals surface area contributed by atoms with Crippen molar-refractivity contribution in [2.45, 2.75) is 19.8 Å². The van der Waals surface area contributed by atoms with Gasteiger partial charge >= 0.3 is 0 Å². The van der Waals surface area contributed by atoms with Crippen LogP contribution in [-0.4, -0.2) is 30.8 Å². The van der Waals surface area contributed by atoms with Gasteiger partial charge < -0.3 is 19.7 Å². The van der Waals surface area contributed by atoms with E-state index in [2.05, 4.69) is 46.4 Å². The highest BCUT2D eigenvalue weighted by atomic mass is 16.7. The first kappa shape index (κ1) is 17.8. The largest absolute Gasteiger partial charge is 0.454 e. The molecule has 1 N–H and O–H groups in total. The summed E-state index contributed by atoms with van der Waals surface area (Å²) in [6, 6.07) is 13.9.